The number of hydrogen-bond donors (Lipinski definition) is 3. The van der Waals surface area contributed by atoms with Crippen LogP contribution in [0, 0.1) is 5.92 Å². The summed E-state index contributed by atoms with van der Waals surface area (Å²) in [5, 5.41) is 6.13. The lowest BCUT2D eigenvalue weighted by atomic mass is 9.88. The van der Waals surface area contributed by atoms with Crippen molar-refractivity contribution in [1.82, 2.24) is 10.6 Å². The van der Waals surface area contributed by atoms with Gasteiger partial charge in [0.15, 0.2) is 0 Å². The lowest BCUT2D eigenvalue weighted by Gasteiger charge is -2.33. The van der Waals surface area contributed by atoms with E-state index in [0.29, 0.717) is 35.9 Å². The number of urea groups is 1. The van der Waals surface area contributed by atoms with Gasteiger partial charge in [0.1, 0.15) is 0 Å². The summed E-state index contributed by atoms with van der Waals surface area (Å²) in [6.07, 6.45) is 0. The maximum Gasteiger partial charge on any atom is 0.322 e. The molecule has 6 nitrogen and oxygen atoms in total. The summed E-state index contributed by atoms with van der Waals surface area (Å²) >= 11 is 6.18. The molecular weight excluding hydrogens is 316 g/mol. The molecule has 2 rings (SSSR count). The molecule has 1 fully saturated rings. The highest BCUT2D eigenvalue weighted by molar-refractivity contribution is 6.34. The van der Waals surface area contributed by atoms with Crippen LogP contribution in [0.15, 0.2) is 18.2 Å². The molecule has 1 aliphatic rings. The van der Waals surface area contributed by atoms with Crippen LogP contribution in [0.1, 0.15) is 31.1 Å². The molecule has 0 spiro atoms. The molecule has 1 unspecified atom stereocenters. The molecule has 0 aliphatic carbocycles. The highest BCUT2D eigenvalue weighted by Crippen LogP contribution is 2.28. The van der Waals surface area contributed by atoms with Gasteiger partial charge in [-0.2, -0.15) is 0 Å². The van der Waals surface area contributed by atoms with Crippen molar-refractivity contribution in [2.75, 3.05) is 24.5 Å². The molecule has 126 valence electrons. The fourth-order valence-electron chi connectivity index (χ4n) is 2.32. The van der Waals surface area contributed by atoms with Crippen LogP contribution in [0.5, 0.6) is 0 Å². The van der Waals surface area contributed by atoms with Crippen molar-refractivity contribution in [1.29, 1.82) is 0 Å². The van der Waals surface area contributed by atoms with E-state index in [4.69, 9.17) is 17.3 Å². The molecule has 1 aliphatic heterocycles. The number of nitrogens with two attached hydrogens (primary N) is 1. The van der Waals surface area contributed by atoms with Crippen molar-refractivity contribution in [3.63, 3.8) is 0 Å². The standard InChI is InChI=1S/C16H23ClN4O2/c1-10(2)16(3,9-18)20-14(22)11-4-5-12(17)13(8-11)21-7-6-19-15(21)23/h4-5,8,10H,6-7,9,18H2,1-3H3,(H,19,23)(H,20,22). The Bertz CT molecular complexity index is 620. The highest BCUT2D eigenvalue weighted by Gasteiger charge is 2.30. The maximum absolute atomic E-state index is 12.6. The van der Waals surface area contributed by atoms with Crippen LogP contribution in [0.3, 0.4) is 0 Å². The van der Waals surface area contributed by atoms with Gasteiger partial charge in [-0.1, -0.05) is 25.4 Å². The zero-order chi connectivity index (χ0) is 17.2. The van der Waals surface area contributed by atoms with Gasteiger partial charge in [0, 0.05) is 25.2 Å². The van der Waals surface area contributed by atoms with E-state index in [9.17, 15) is 9.59 Å². The van der Waals surface area contributed by atoms with Crippen molar-refractivity contribution in [3.05, 3.63) is 28.8 Å². The lowest BCUT2D eigenvalue weighted by Crippen LogP contribution is -2.55. The van der Waals surface area contributed by atoms with E-state index >= 15 is 0 Å². The summed E-state index contributed by atoms with van der Waals surface area (Å²) in [6, 6.07) is 4.71. The van der Waals surface area contributed by atoms with Crippen LogP contribution in [-0.4, -0.2) is 37.1 Å². The van der Waals surface area contributed by atoms with Crippen LogP contribution in [0.2, 0.25) is 5.02 Å². The molecule has 1 heterocycles. The number of nitrogens with one attached hydrogen (secondary N) is 2. The first-order valence-corrected chi connectivity index (χ1v) is 8.04. The summed E-state index contributed by atoms with van der Waals surface area (Å²) in [6.45, 7) is 7.36. The Morgan fingerprint density at radius 2 is 2.22 bits per heavy atom. The number of hydrogen-bond acceptors (Lipinski definition) is 3. The fourth-order valence-corrected chi connectivity index (χ4v) is 2.54. The van der Waals surface area contributed by atoms with E-state index in [1.165, 1.54) is 4.90 Å². The summed E-state index contributed by atoms with van der Waals surface area (Å²) in [4.78, 5) is 25.9. The van der Waals surface area contributed by atoms with Gasteiger partial charge in [0.05, 0.1) is 16.2 Å². The highest BCUT2D eigenvalue weighted by atomic mass is 35.5. The first kappa shape index (κ1) is 17.6. The first-order valence-electron chi connectivity index (χ1n) is 7.66. The van der Waals surface area contributed by atoms with Crippen LogP contribution in [0.4, 0.5) is 10.5 Å². The zero-order valence-electron chi connectivity index (χ0n) is 13.6. The van der Waals surface area contributed by atoms with Gasteiger partial charge in [0.2, 0.25) is 0 Å². The number of nitrogens with zero attached hydrogens (tertiary/aromatic N) is 1. The Balaban J connectivity index is 2.27. The Kier molecular flexibility index (Phi) is 5.16. The smallest absolute Gasteiger partial charge is 0.322 e. The molecular formula is C16H23ClN4O2. The van der Waals surface area contributed by atoms with Gasteiger partial charge >= 0.3 is 6.03 Å². The van der Waals surface area contributed by atoms with Crippen molar-refractivity contribution < 1.29 is 9.59 Å². The largest absolute Gasteiger partial charge is 0.345 e. The van der Waals surface area contributed by atoms with E-state index < -0.39 is 5.54 Å². The van der Waals surface area contributed by atoms with Crippen LogP contribution < -0.4 is 21.3 Å². The second kappa shape index (κ2) is 6.76. The molecule has 4 N–H and O–H groups in total. The van der Waals surface area contributed by atoms with Crippen molar-refractivity contribution >= 4 is 29.2 Å². The fraction of sp³-hybridized carbons (Fsp3) is 0.500. The normalized spacial score (nSPS) is 17.1. The molecule has 23 heavy (non-hydrogen) atoms. The molecule has 1 aromatic rings. The molecule has 0 bridgehead atoms. The number of halogens is 1. The van der Waals surface area contributed by atoms with Crippen molar-refractivity contribution in [2.24, 2.45) is 11.7 Å². The van der Waals surface area contributed by atoms with Gasteiger partial charge < -0.3 is 16.4 Å². The lowest BCUT2D eigenvalue weighted by molar-refractivity contribution is 0.0883. The monoisotopic (exact) mass is 338 g/mol. The van der Waals surface area contributed by atoms with Crippen molar-refractivity contribution in [2.45, 2.75) is 26.3 Å². The predicted octanol–water partition coefficient (Wildman–Crippen LogP) is 1.97. The topological polar surface area (TPSA) is 87.5 Å². The maximum atomic E-state index is 12.6. The number of carbonyl (C=O) groups excluding carboxylic acids is 2. The Morgan fingerprint density at radius 3 is 2.74 bits per heavy atom. The predicted molar refractivity (Wildman–Crippen MR) is 92.0 cm³/mol. The second-order valence-corrected chi connectivity index (χ2v) is 6.69. The van der Waals surface area contributed by atoms with Gasteiger partial charge in [-0.25, -0.2) is 4.79 Å². The number of benzene rings is 1. The minimum Gasteiger partial charge on any atom is -0.345 e. The molecule has 0 radical (unpaired) electrons. The minimum absolute atomic E-state index is 0.188. The van der Waals surface area contributed by atoms with Crippen LogP contribution >= 0.6 is 11.6 Å². The van der Waals surface area contributed by atoms with Gasteiger partial charge in [0.25, 0.3) is 5.91 Å². The molecule has 0 saturated carbocycles. The van der Waals surface area contributed by atoms with E-state index in [-0.39, 0.29) is 17.9 Å². The minimum atomic E-state index is -0.498. The zero-order valence-corrected chi connectivity index (χ0v) is 14.4. The van der Waals surface area contributed by atoms with Gasteiger partial charge in [-0.15, -0.1) is 0 Å². The second-order valence-electron chi connectivity index (χ2n) is 6.28. The molecule has 3 amide bonds. The third-order valence-electron chi connectivity index (χ3n) is 4.45. The molecule has 1 atom stereocenters. The van der Waals surface area contributed by atoms with E-state index in [1.54, 1.807) is 18.2 Å². The average Bonchev–Trinajstić information content (AvgIpc) is 2.93. The van der Waals surface area contributed by atoms with E-state index in [2.05, 4.69) is 10.6 Å². The summed E-state index contributed by atoms with van der Waals surface area (Å²) < 4.78 is 0. The van der Waals surface area contributed by atoms with E-state index in [0.717, 1.165) is 0 Å². The van der Waals surface area contributed by atoms with Gasteiger partial charge in [-0.05, 0) is 31.0 Å². The van der Waals surface area contributed by atoms with Gasteiger partial charge in [-0.3, -0.25) is 9.69 Å². The SMILES string of the molecule is CC(C)C(C)(CN)NC(=O)c1ccc(Cl)c(N2CCNC2=O)c1. The summed E-state index contributed by atoms with van der Waals surface area (Å²) in [7, 11) is 0. The first-order chi connectivity index (χ1) is 10.8. The third-order valence-corrected chi connectivity index (χ3v) is 4.77. The Morgan fingerprint density at radius 1 is 1.52 bits per heavy atom. The Labute approximate surface area is 141 Å². The van der Waals surface area contributed by atoms with Crippen LogP contribution in [0.25, 0.3) is 0 Å². The number of anilines is 1. The third kappa shape index (κ3) is 3.59. The summed E-state index contributed by atoms with van der Waals surface area (Å²) in [5.41, 5.74) is 6.30. The quantitative estimate of drug-likeness (QED) is 0.767. The number of amides is 3. The van der Waals surface area contributed by atoms with Crippen LogP contribution in [-0.2, 0) is 0 Å². The molecule has 1 saturated heterocycles. The number of carbonyl (C=O) groups is 2. The molecule has 7 heteroatoms. The van der Waals surface area contributed by atoms with Crippen molar-refractivity contribution in [3.8, 4) is 0 Å². The molecule has 1 aromatic carbocycles. The summed E-state index contributed by atoms with van der Waals surface area (Å²) in [5.74, 6) is -0.0447. The average molecular weight is 339 g/mol. The number of rotatable bonds is 5. The Hall–Kier alpha value is -1.79. The van der Waals surface area contributed by atoms with E-state index in [1.807, 2.05) is 20.8 Å². The molecule has 0 aromatic heterocycles.